The van der Waals surface area contributed by atoms with E-state index in [1.54, 1.807) is 31.4 Å². The molecule has 0 aliphatic heterocycles. The van der Waals surface area contributed by atoms with Crippen molar-refractivity contribution in [3.63, 3.8) is 0 Å². The first-order valence-electron chi connectivity index (χ1n) is 1.73. The molecule has 0 aromatic carbocycles. The summed E-state index contributed by atoms with van der Waals surface area (Å²) in [6.07, 6.45) is 0. The molecule has 2 nitrogen and oxygen atoms in total. The zero-order chi connectivity index (χ0) is 5.54. The first-order valence-corrected chi connectivity index (χ1v) is 5.55. The average molecular weight is 156 g/mol. The van der Waals surface area contributed by atoms with Crippen molar-refractivity contribution in [2.45, 2.75) is 0 Å². The van der Waals surface area contributed by atoms with Crippen LogP contribution in [0.3, 0.4) is 0 Å². The van der Waals surface area contributed by atoms with Crippen molar-refractivity contribution in [1.82, 2.24) is 0 Å². The van der Waals surface area contributed by atoms with Gasteiger partial charge < -0.3 is 11.5 Å². The third-order valence-electron chi connectivity index (χ3n) is 0.232. The van der Waals surface area contributed by atoms with Gasteiger partial charge in [-0.2, -0.15) is 0 Å². The smallest absolute Gasteiger partial charge is 0.0506 e. The van der Waals surface area contributed by atoms with E-state index in [2.05, 4.69) is 0 Å². The lowest BCUT2D eigenvalue weighted by Crippen LogP contribution is -1.90. The maximum absolute atomic E-state index is 5.16. The maximum Gasteiger partial charge on any atom is 0.0506 e. The Hall–Kier alpha value is 0.970. The summed E-state index contributed by atoms with van der Waals surface area (Å²) in [6, 6.07) is 0. The summed E-state index contributed by atoms with van der Waals surface area (Å²) in [7, 11) is 4.86. The molecule has 0 atom stereocenters. The second-order valence-electron chi connectivity index (χ2n) is 0.637. The van der Waals surface area contributed by atoms with Gasteiger partial charge in [0.15, 0.2) is 0 Å². The quantitative estimate of drug-likeness (QED) is 0.359. The maximum atomic E-state index is 5.16. The highest BCUT2D eigenvalue weighted by Crippen LogP contribution is 2.31. The fourth-order valence-corrected chi connectivity index (χ4v) is 2.42. The average Bonchev–Trinajstić information content (AvgIpc) is 1.69. The summed E-state index contributed by atoms with van der Waals surface area (Å²) in [5.74, 6) is 1.33. The molecule has 5 heteroatoms. The van der Waals surface area contributed by atoms with Gasteiger partial charge in [0.1, 0.15) is 0 Å². The zero-order valence-electron chi connectivity index (χ0n) is 3.79. The van der Waals surface area contributed by atoms with E-state index in [1.165, 1.54) is 0 Å². The van der Waals surface area contributed by atoms with Crippen molar-refractivity contribution < 1.29 is 0 Å². The Morgan fingerprint density at radius 2 is 1.43 bits per heavy atom. The van der Waals surface area contributed by atoms with Gasteiger partial charge >= 0.3 is 0 Å². The third-order valence-corrected chi connectivity index (χ3v) is 3.82. The minimum absolute atomic E-state index is 0.664. The van der Waals surface area contributed by atoms with Crippen LogP contribution in [0.1, 0.15) is 0 Å². The molecule has 0 saturated heterocycles. The van der Waals surface area contributed by atoms with Gasteiger partial charge in [-0.25, -0.2) is 0 Å². The number of rotatable bonds is 4. The summed E-state index contributed by atoms with van der Waals surface area (Å²) in [4.78, 5) is 0. The van der Waals surface area contributed by atoms with E-state index in [-0.39, 0.29) is 0 Å². The van der Waals surface area contributed by atoms with Crippen LogP contribution in [0.2, 0.25) is 0 Å². The van der Waals surface area contributed by atoms with E-state index in [0.717, 1.165) is 0 Å². The van der Waals surface area contributed by atoms with Gasteiger partial charge in [-0.1, -0.05) is 21.6 Å². The van der Waals surface area contributed by atoms with Crippen LogP contribution in [0, 0.1) is 0 Å². The molecule has 0 unspecified atom stereocenters. The molecule has 0 amide bonds. The predicted octanol–water partition coefficient (Wildman–Crippen LogP) is 0.848. The Bertz CT molecular complexity index is 30.1. The van der Waals surface area contributed by atoms with Crippen molar-refractivity contribution >= 4 is 31.4 Å². The molecule has 7 heavy (non-hydrogen) atoms. The summed E-state index contributed by atoms with van der Waals surface area (Å²) < 4.78 is 0. The minimum Gasteiger partial charge on any atom is -0.321 e. The third kappa shape index (κ3) is 6.97. The lowest BCUT2D eigenvalue weighted by atomic mass is 11.6. The highest BCUT2D eigenvalue weighted by Gasteiger charge is 1.81. The fourth-order valence-electron chi connectivity index (χ4n) is 0.0896. The summed E-state index contributed by atoms with van der Waals surface area (Å²) in [5.41, 5.74) is 10.3. The lowest BCUT2D eigenvalue weighted by molar-refractivity contribution is 1.41. The number of hydrogen-bond acceptors (Lipinski definition) is 5. The topological polar surface area (TPSA) is 52.0 Å². The Kier molecular flexibility index (Phi) is 7.94. The highest BCUT2D eigenvalue weighted by molar-refractivity contribution is 9.09. The van der Waals surface area contributed by atoms with Crippen molar-refractivity contribution in [1.29, 1.82) is 0 Å². The van der Waals surface area contributed by atoms with Gasteiger partial charge in [0.2, 0.25) is 0 Å². The molecule has 0 aromatic rings. The Morgan fingerprint density at radius 1 is 1.00 bits per heavy atom. The Labute approximate surface area is 55.0 Å². The molecule has 0 saturated carbocycles. The van der Waals surface area contributed by atoms with Crippen LogP contribution in [0.25, 0.3) is 0 Å². The number of nitrogens with two attached hydrogens (primary N) is 2. The lowest BCUT2D eigenvalue weighted by Gasteiger charge is -1.90. The standard InChI is InChI=1S/C2H8N2S3/c3-1-5-7-6-2-4/h1-4H2. The SMILES string of the molecule is NCSSSCN. The second kappa shape index (κ2) is 6.97. The van der Waals surface area contributed by atoms with Gasteiger partial charge in [0.05, 0.1) is 11.8 Å². The Balaban J connectivity index is 2.45. The zero-order valence-corrected chi connectivity index (χ0v) is 6.24. The van der Waals surface area contributed by atoms with Crippen molar-refractivity contribution in [3.8, 4) is 0 Å². The van der Waals surface area contributed by atoms with E-state index >= 15 is 0 Å². The summed E-state index contributed by atoms with van der Waals surface area (Å²) in [5, 5.41) is 0. The molecule has 44 valence electrons. The molecular formula is C2H8N2S3. The summed E-state index contributed by atoms with van der Waals surface area (Å²) >= 11 is 0. The van der Waals surface area contributed by atoms with Crippen LogP contribution >= 0.6 is 31.4 Å². The normalized spacial score (nSPS) is 9.43. The monoisotopic (exact) mass is 156 g/mol. The van der Waals surface area contributed by atoms with Gasteiger partial charge in [0, 0.05) is 0 Å². The van der Waals surface area contributed by atoms with Crippen LogP contribution in [-0.4, -0.2) is 11.8 Å². The molecule has 0 bridgehead atoms. The molecule has 0 aromatic heterocycles. The van der Waals surface area contributed by atoms with E-state index in [1.807, 2.05) is 0 Å². The molecule has 0 radical (unpaired) electrons. The van der Waals surface area contributed by atoms with Gasteiger partial charge in [-0.3, -0.25) is 0 Å². The molecule has 0 rings (SSSR count). The van der Waals surface area contributed by atoms with E-state index in [9.17, 15) is 0 Å². The van der Waals surface area contributed by atoms with Crippen molar-refractivity contribution in [2.24, 2.45) is 11.5 Å². The van der Waals surface area contributed by atoms with Crippen LogP contribution < -0.4 is 11.5 Å². The molecule has 0 spiro atoms. The van der Waals surface area contributed by atoms with Crippen molar-refractivity contribution in [3.05, 3.63) is 0 Å². The Morgan fingerprint density at radius 3 is 1.71 bits per heavy atom. The second-order valence-corrected chi connectivity index (χ2v) is 4.96. The molecule has 0 aliphatic rings. The van der Waals surface area contributed by atoms with E-state index in [0.29, 0.717) is 11.8 Å². The van der Waals surface area contributed by atoms with Crippen LogP contribution in [0.5, 0.6) is 0 Å². The molecule has 4 N–H and O–H groups in total. The highest BCUT2D eigenvalue weighted by atomic mass is 33.5. The number of hydrogen-bond donors (Lipinski definition) is 2. The van der Waals surface area contributed by atoms with Crippen LogP contribution in [0.4, 0.5) is 0 Å². The van der Waals surface area contributed by atoms with Crippen LogP contribution in [-0.2, 0) is 0 Å². The van der Waals surface area contributed by atoms with Gasteiger partial charge in [-0.15, -0.1) is 0 Å². The van der Waals surface area contributed by atoms with E-state index in [4.69, 9.17) is 11.5 Å². The first-order chi connectivity index (χ1) is 3.41. The first kappa shape index (κ1) is 7.97. The van der Waals surface area contributed by atoms with Gasteiger partial charge in [0.25, 0.3) is 0 Å². The molecule has 0 fully saturated rings. The largest absolute Gasteiger partial charge is 0.321 e. The van der Waals surface area contributed by atoms with Crippen LogP contribution in [0.15, 0.2) is 0 Å². The minimum atomic E-state index is 0.664. The molecular weight excluding hydrogens is 148 g/mol. The molecule has 0 heterocycles. The predicted molar refractivity (Wildman–Crippen MR) is 40.9 cm³/mol. The molecule has 0 aliphatic carbocycles. The van der Waals surface area contributed by atoms with Gasteiger partial charge in [-0.05, 0) is 9.83 Å². The van der Waals surface area contributed by atoms with E-state index < -0.39 is 0 Å². The van der Waals surface area contributed by atoms with Crippen molar-refractivity contribution in [2.75, 3.05) is 11.8 Å². The summed E-state index contributed by atoms with van der Waals surface area (Å²) in [6.45, 7) is 0. The fraction of sp³-hybridized carbons (Fsp3) is 1.00.